The lowest BCUT2D eigenvalue weighted by atomic mass is 9.70. The van der Waals surface area contributed by atoms with Crippen LogP contribution in [0.15, 0.2) is 67.3 Å². The number of rotatable bonds is 10. The van der Waals surface area contributed by atoms with Crippen LogP contribution < -0.4 is 4.74 Å². The molecule has 1 nitrogen and oxygen atoms in total. The van der Waals surface area contributed by atoms with Gasteiger partial charge >= 0.3 is 0 Å². The minimum atomic E-state index is -1.08. The Morgan fingerprint density at radius 1 is 0.738 bits per heavy atom. The van der Waals surface area contributed by atoms with E-state index in [0.29, 0.717) is 22.6 Å². The Labute approximate surface area is 247 Å². The predicted octanol–water partition coefficient (Wildman–Crippen LogP) is 11.3. The summed E-state index contributed by atoms with van der Waals surface area (Å²) >= 11 is 0. The molecular formula is C37H40F4O. The van der Waals surface area contributed by atoms with Gasteiger partial charge in [0.1, 0.15) is 6.61 Å². The number of benzene rings is 3. The molecule has 42 heavy (non-hydrogen) atoms. The van der Waals surface area contributed by atoms with E-state index in [1.54, 1.807) is 36.4 Å². The van der Waals surface area contributed by atoms with Gasteiger partial charge in [-0.15, -0.1) is 0 Å². The van der Waals surface area contributed by atoms with E-state index in [0.717, 1.165) is 36.7 Å². The molecule has 5 rings (SSSR count). The van der Waals surface area contributed by atoms with E-state index in [2.05, 4.69) is 19.6 Å². The highest BCUT2D eigenvalue weighted by Crippen LogP contribution is 2.43. The van der Waals surface area contributed by atoms with E-state index in [1.807, 2.05) is 0 Å². The summed E-state index contributed by atoms with van der Waals surface area (Å²) in [6, 6.07) is 12.4. The number of ether oxygens (including phenoxy) is 1. The second-order valence-corrected chi connectivity index (χ2v) is 11.9. The van der Waals surface area contributed by atoms with Crippen LogP contribution in [0.2, 0.25) is 0 Å². The Kier molecular flexibility index (Phi) is 9.87. The summed E-state index contributed by atoms with van der Waals surface area (Å²) in [5.41, 5.74) is 2.29. The summed E-state index contributed by atoms with van der Waals surface area (Å²) in [5, 5.41) is 0. The normalized spacial score (nSPS) is 20.7. The fourth-order valence-corrected chi connectivity index (χ4v) is 6.83. The fourth-order valence-electron chi connectivity index (χ4n) is 6.83. The lowest BCUT2D eigenvalue weighted by molar-refractivity contribution is 0.188. The van der Waals surface area contributed by atoms with Gasteiger partial charge in [0.2, 0.25) is 5.82 Å². The first kappa shape index (κ1) is 30.1. The third-order valence-electron chi connectivity index (χ3n) is 9.31. The van der Waals surface area contributed by atoms with Crippen LogP contribution in [0.3, 0.4) is 0 Å². The molecule has 222 valence electrons. The molecule has 3 aromatic carbocycles. The van der Waals surface area contributed by atoms with E-state index in [9.17, 15) is 8.78 Å². The first-order chi connectivity index (χ1) is 20.4. The van der Waals surface area contributed by atoms with E-state index in [1.165, 1.54) is 63.2 Å². The standard InChI is InChI=1S/C37H40F4O/c1-3-5-6-24-7-9-25(10-8-24)26-11-13-27(14-12-26)30-19-20-31(35(39)34(30)38)28-15-17-29(18-16-28)32-21-22-33(42-23-4-2)37(41)36(32)40/h4,13,15-22,24-26H,2-3,5-12,14,23H2,1H3. The zero-order valence-corrected chi connectivity index (χ0v) is 24.4. The van der Waals surface area contributed by atoms with Gasteiger partial charge in [-0.05, 0) is 78.7 Å². The minimum absolute atomic E-state index is 0.0547. The number of hydrogen-bond donors (Lipinski definition) is 0. The maximum atomic E-state index is 15.4. The van der Waals surface area contributed by atoms with Crippen LogP contribution >= 0.6 is 0 Å². The van der Waals surface area contributed by atoms with Crippen molar-refractivity contribution in [3.05, 3.63) is 96.1 Å². The predicted molar refractivity (Wildman–Crippen MR) is 163 cm³/mol. The van der Waals surface area contributed by atoms with Gasteiger partial charge in [0.15, 0.2) is 23.2 Å². The second-order valence-electron chi connectivity index (χ2n) is 11.9. The van der Waals surface area contributed by atoms with E-state index < -0.39 is 23.3 Å². The molecule has 2 aliphatic rings. The van der Waals surface area contributed by atoms with Gasteiger partial charge < -0.3 is 4.74 Å². The van der Waals surface area contributed by atoms with Crippen LogP contribution in [-0.4, -0.2) is 6.61 Å². The molecule has 0 spiro atoms. The minimum Gasteiger partial charge on any atom is -0.486 e. The van der Waals surface area contributed by atoms with Crippen molar-refractivity contribution in [3.8, 4) is 28.0 Å². The van der Waals surface area contributed by atoms with Crippen molar-refractivity contribution in [3.63, 3.8) is 0 Å². The zero-order valence-electron chi connectivity index (χ0n) is 24.4. The summed E-state index contributed by atoms with van der Waals surface area (Å²) < 4.78 is 65.0. The highest BCUT2D eigenvalue weighted by Gasteiger charge is 2.29. The van der Waals surface area contributed by atoms with Crippen LogP contribution in [0, 0.1) is 41.0 Å². The van der Waals surface area contributed by atoms with Crippen molar-refractivity contribution < 1.29 is 22.3 Å². The highest BCUT2D eigenvalue weighted by molar-refractivity contribution is 5.74. The zero-order chi connectivity index (χ0) is 29.6. The quantitative estimate of drug-likeness (QED) is 0.172. The lowest BCUT2D eigenvalue weighted by Crippen LogP contribution is -2.23. The summed E-state index contributed by atoms with van der Waals surface area (Å²) in [6.07, 6.45) is 15.5. The molecule has 2 aliphatic carbocycles. The molecule has 5 heteroatoms. The van der Waals surface area contributed by atoms with Crippen molar-refractivity contribution in [1.29, 1.82) is 0 Å². The highest BCUT2D eigenvalue weighted by atomic mass is 19.2. The van der Waals surface area contributed by atoms with Gasteiger partial charge in [0.05, 0.1) is 0 Å². The van der Waals surface area contributed by atoms with Crippen LogP contribution in [0.1, 0.15) is 76.7 Å². The lowest BCUT2D eigenvalue weighted by Gasteiger charge is -2.35. The number of hydrogen-bond acceptors (Lipinski definition) is 1. The largest absolute Gasteiger partial charge is 0.486 e. The molecule has 1 saturated carbocycles. The molecular weight excluding hydrogens is 536 g/mol. The Balaban J connectivity index is 1.26. The van der Waals surface area contributed by atoms with Gasteiger partial charge in [0, 0.05) is 16.7 Å². The van der Waals surface area contributed by atoms with E-state index in [4.69, 9.17) is 4.74 Å². The third-order valence-corrected chi connectivity index (χ3v) is 9.31. The maximum Gasteiger partial charge on any atom is 0.201 e. The molecule has 1 fully saturated rings. The van der Waals surface area contributed by atoms with Crippen LogP contribution in [0.4, 0.5) is 17.6 Å². The van der Waals surface area contributed by atoms with Crippen molar-refractivity contribution in [2.75, 3.05) is 6.61 Å². The smallest absolute Gasteiger partial charge is 0.201 e. The summed E-state index contributed by atoms with van der Waals surface area (Å²) in [4.78, 5) is 0. The maximum absolute atomic E-state index is 15.4. The average Bonchev–Trinajstić information content (AvgIpc) is 3.03. The van der Waals surface area contributed by atoms with Gasteiger partial charge in [-0.25, -0.2) is 13.2 Å². The molecule has 0 bridgehead atoms. The molecule has 1 unspecified atom stereocenters. The van der Waals surface area contributed by atoms with Crippen LogP contribution in [0.5, 0.6) is 5.75 Å². The monoisotopic (exact) mass is 576 g/mol. The summed E-state index contributed by atoms with van der Waals surface area (Å²) in [7, 11) is 0. The average molecular weight is 577 g/mol. The fraction of sp³-hybridized carbons (Fsp3) is 0.405. The molecule has 0 N–H and O–H groups in total. The van der Waals surface area contributed by atoms with Crippen molar-refractivity contribution in [2.24, 2.45) is 17.8 Å². The first-order valence-corrected chi connectivity index (χ1v) is 15.4. The summed E-state index contributed by atoms with van der Waals surface area (Å²) in [5.74, 6) is -1.76. The second kappa shape index (κ2) is 13.8. The molecule has 0 amide bonds. The van der Waals surface area contributed by atoms with Crippen molar-refractivity contribution >= 4 is 5.57 Å². The molecule has 0 heterocycles. The molecule has 0 saturated heterocycles. The SMILES string of the molecule is C=CCOc1ccc(-c2ccc(-c3ccc(C4=CCC(C5CCC(CCCC)CC5)CC4)c(F)c3F)cc2)c(F)c1F. The van der Waals surface area contributed by atoms with Crippen LogP contribution in [-0.2, 0) is 0 Å². The topological polar surface area (TPSA) is 9.23 Å². The molecule has 3 aromatic rings. The molecule has 1 atom stereocenters. The van der Waals surface area contributed by atoms with Crippen molar-refractivity contribution in [2.45, 2.75) is 71.1 Å². The Hall–Kier alpha value is -3.34. The number of allylic oxidation sites excluding steroid dienone is 2. The Morgan fingerprint density at radius 2 is 1.33 bits per heavy atom. The molecule has 0 radical (unpaired) electrons. The third kappa shape index (κ3) is 6.50. The van der Waals surface area contributed by atoms with Gasteiger partial charge in [-0.3, -0.25) is 0 Å². The molecule has 0 aliphatic heterocycles. The van der Waals surface area contributed by atoms with Crippen molar-refractivity contribution in [1.82, 2.24) is 0 Å². The van der Waals surface area contributed by atoms with Gasteiger partial charge in [0.25, 0.3) is 0 Å². The summed E-state index contributed by atoms with van der Waals surface area (Å²) in [6.45, 7) is 5.82. The van der Waals surface area contributed by atoms with Gasteiger partial charge in [-0.2, -0.15) is 4.39 Å². The number of halogens is 4. The van der Waals surface area contributed by atoms with E-state index in [-0.39, 0.29) is 23.5 Å². The van der Waals surface area contributed by atoms with E-state index >= 15 is 8.78 Å². The number of unbranched alkanes of at least 4 members (excludes halogenated alkanes) is 1. The van der Waals surface area contributed by atoms with Crippen LogP contribution in [0.25, 0.3) is 27.8 Å². The van der Waals surface area contributed by atoms with Gasteiger partial charge in [-0.1, -0.05) is 94.2 Å². The Bertz CT molecular complexity index is 1420. The molecule has 0 aromatic heterocycles. The first-order valence-electron chi connectivity index (χ1n) is 15.4. The Morgan fingerprint density at radius 3 is 1.93 bits per heavy atom.